The maximum absolute atomic E-state index is 11.3. The van der Waals surface area contributed by atoms with Crippen molar-refractivity contribution in [1.29, 1.82) is 5.26 Å². The van der Waals surface area contributed by atoms with Gasteiger partial charge in [-0.25, -0.2) is 4.79 Å². The molecule has 0 atom stereocenters. The van der Waals surface area contributed by atoms with Crippen LogP contribution in [0.5, 0.6) is 0 Å². The molecular weight excluding hydrogens is 569 g/mol. The molecule has 1 aliphatic heterocycles. The van der Waals surface area contributed by atoms with E-state index in [9.17, 15) is 28.3 Å². The second-order valence-corrected chi connectivity index (χ2v) is 11.5. The summed E-state index contributed by atoms with van der Waals surface area (Å²) in [6.45, 7) is 8.90. The first kappa shape index (κ1) is 32.7. The number of carboxylic acids is 2. The number of aliphatic carboxylic acids is 2. The fraction of sp³-hybridized carbons (Fsp3) is 0.433. The number of nitrogens with zero attached hydrogens (tertiary/aromatic N) is 4. The number of nitriles is 1. The molecule has 0 bridgehead atoms. The van der Waals surface area contributed by atoms with E-state index in [0.717, 1.165) is 59.2 Å². The number of hydrogen-bond donors (Lipinski definition) is 2. The number of benzene rings is 2. The summed E-state index contributed by atoms with van der Waals surface area (Å²) in [5.41, 5.74) is 6.33. The summed E-state index contributed by atoms with van der Waals surface area (Å²) in [5, 5.41) is 36.7. The molecule has 8 nitrogen and oxygen atoms in total. The second kappa shape index (κ2) is 14.4. The Labute approximate surface area is 246 Å². The van der Waals surface area contributed by atoms with Gasteiger partial charge in [0.15, 0.2) is 0 Å². The zero-order valence-corrected chi connectivity index (χ0v) is 24.4. The Hall–Kier alpha value is -3.82. The fourth-order valence-electron chi connectivity index (χ4n) is 4.86. The van der Waals surface area contributed by atoms with Crippen molar-refractivity contribution in [2.45, 2.75) is 59.2 Å². The zero-order chi connectivity index (χ0) is 31.0. The Morgan fingerprint density at radius 1 is 1.10 bits per heavy atom. The van der Waals surface area contributed by atoms with E-state index < -0.39 is 18.1 Å². The molecule has 4 rings (SSSR count). The Balaban J connectivity index is 0.000000616. The van der Waals surface area contributed by atoms with Gasteiger partial charge in [0.2, 0.25) is 0 Å². The fourth-order valence-corrected chi connectivity index (χ4v) is 5.75. The molecule has 2 aromatic carbocycles. The molecule has 2 N–H and O–H groups in total. The molecule has 42 heavy (non-hydrogen) atoms. The van der Waals surface area contributed by atoms with Gasteiger partial charge in [-0.15, -0.1) is 10.2 Å². The highest BCUT2D eigenvalue weighted by atomic mass is 32.1. The van der Waals surface area contributed by atoms with Gasteiger partial charge in [-0.3, -0.25) is 9.69 Å². The molecule has 0 aliphatic carbocycles. The first-order chi connectivity index (χ1) is 19.8. The Morgan fingerprint density at radius 2 is 1.74 bits per heavy atom. The first-order valence-corrected chi connectivity index (χ1v) is 14.4. The Bertz CT molecular complexity index is 1440. The monoisotopic (exact) mass is 602 g/mol. The van der Waals surface area contributed by atoms with Gasteiger partial charge >= 0.3 is 18.1 Å². The van der Waals surface area contributed by atoms with Crippen LogP contribution in [-0.4, -0.2) is 56.5 Å². The smallest absolute Gasteiger partial charge is 0.481 e. The molecule has 0 saturated carbocycles. The van der Waals surface area contributed by atoms with Crippen molar-refractivity contribution >= 4 is 23.3 Å². The second-order valence-electron chi connectivity index (χ2n) is 10.5. The maximum atomic E-state index is 11.3. The molecule has 0 radical (unpaired) electrons. The highest BCUT2D eigenvalue weighted by Gasteiger charge is 2.38. The Morgan fingerprint density at radius 3 is 2.29 bits per heavy atom. The minimum atomic E-state index is -5.08. The summed E-state index contributed by atoms with van der Waals surface area (Å²) in [7, 11) is 0. The lowest BCUT2D eigenvalue weighted by Gasteiger charge is -2.30. The molecule has 224 valence electrons. The van der Waals surface area contributed by atoms with Crippen molar-refractivity contribution < 1.29 is 33.0 Å². The van der Waals surface area contributed by atoms with Crippen LogP contribution in [-0.2, 0) is 29.0 Å². The molecule has 0 unspecified atom stereocenters. The molecule has 2 heterocycles. The number of alkyl halides is 3. The zero-order valence-electron chi connectivity index (χ0n) is 23.6. The van der Waals surface area contributed by atoms with Gasteiger partial charge in [0.1, 0.15) is 10.0 Å². The highest BCUT2D eigenvalue weighted by Crippen LogP contribution is 2.35. The lowest BCUT2D eigenvalue weighted by Crippen LogP contribution is -2.36. The van der Waals surface area contributed by atoms with E-state index in [0.29, 0.717) is 24.3 Å². The van der Waals surface area contributed by atoms with E-state index in [-0.39, 0.29) is 5.92 Å². The number of carboxylic acid groups (broad SMARTS) is 2. The number of halogens is 3. The predicted molar refractivity (Wildman–Crippen MR) is 153 cm³/mol. The molecule has 3 aromatic rings. The third-order valence-corrected chi connectivity index (χ3v) is 7.97. The van der Waals surface area contributed by atoms with Gasteiger partial charge in [-0.1, -0.05) is 62.4 Å². The molecule has 0 amide bonds. The van der Waals surface area contributed by atoms with Crippen molar-refractivity contribution in [2.75, 3.05) is 13.1 Å². The van der Waals surface area contributed by atoms with Crippen molar-refractivity contribution in [3.63, 3.8) is 0 Å². The number of likely N-dealkylation sites (tertiary alicyclic amines) is 1. The van der Waals surface area contributed by atoms with E-state index >= 15 is 0 Å². The molecule has 1 fully saturated rings. The largest absolute Gasteiger partial charge is 0.490 e. The molecule has 0 spiro atoms. The third kappa shape index (κ3) is 8.59. The van der Waals surface area contributed by atoms with Crippen LogP contribution >= 0.6 is 11.3 Å². The number of piperidine rings is 1. The average molecular weight is 603 g/mol. The van der Waals surface area contributed by atoms with E-state index in [4.69, 9.17) is 9.90 Å². The van der Waals surface area contributed by atoms with Crippen LogP contribution in [0.1, 0.15) is 55.9 Å². The number of rotatable bonds is 8. The van der Waals surface area contributed by atoms with E-state index in [1.807, 2.05) is 18.2 Å². The van der Waals surface area contributed by atoms with Crippen LogP contribution in [0.2, 0.25) is 0 Å². The van der Waals surface area contributed by atoms with Gasteiger partial charge in [0.25, 0.3) is 0 Å². The quantitative estimate of drug-likeness (QED) is 0.302. The van der Waals surface area contributed by atoms with Gasteiger partial charge < -0.3 is 10.2 Å². The summed E-state index contributed by atoms with van der Waals surface area (Å²) >= 11 is 1.56. The lowest BCUT2D eigenvalue weighted by molar-refractivity contribution is -0.192. The molecule has 1 aromatic heterocycles. The molecule has 12 heteroatoms. The van der Waals surface area contributed by atoms with Crippen LogP contribution in [0.4, 0.5) is 13.2 Å². The normalized spacial score (nSPS) is 14.2. The average Bonchev–Trinajstić information content (AvgIpc) is 3.43. The topological polar surface area (TPSA) is 127 Å². The van der Waals surface area contributed by atoms with Crippen LogP contribution in [0.15, 0.2) is 36.4 Å². The molecule has 1 saturated heterocycles. The van der Waals surface area contributed by atoms with Gasteiger partial charge in [-0.05, 0) is 67.4 Å². The standard InChI is InChI=1S/C28H32N4O2S.C2HF3O2/c1-4-24-22(17-32-12-10-19(11-13-32)28(33)34)6-5-7-25(24)27-31-30-26(35-27)21-9-8-20(14-18(2)3)23(15-21)16-29;3-2(4,5)1(6)7/h5-9,15,18-19H,4,10-14,17H2,1-3H3,(H,33,34);(H,6,7). The van der Waals surface area contributed by atoms with Crippen LogP contribution < -0.4 is 0 Å². The first-order valence-electron chi connectivity index (χ1n) is 13.6. The summed E-state index contributed by atoms with van der Waals surface area (Å²) in [6.07, 6.45) is -1.91. The van der Waals surface area contributed by atoms with E-state index in [2.05, 4.69) is 60.1 Å². The van der Waals surface area contributed by atoms with Crippen LogP contribution in [0, 0.1) is 23.2 Å². The summed E-state index contributed by atoms with van der Waals surface area (Å²) < 4.78 is 31.7. The Kier molecular flexibility index (Phi) is 11.2. The predicted octanol–water partition coefficient (Wildman–Crippen LogP) is 6.43. The molecular formula is C30H33F3N4O4S. The van der Waals surface area contributed by atoms with Crippen LogP contribution in [0.25, 0.3) is 21.1 Å². The molecule has 1 aliphatic rings. The van der Waals surface area contributed by atoms with Crippen molar-refractivity contribution in [2.24, 2.45) is 11.8 Å². The SMILES string of the molecule is CCc1c(CN2CCC(C(=O)O)CC2)cccc1-c1nnc(-c2ccc(CC(C)C)c(C#N)c2)s1.O=C(O)C(F)(F)F. The van der Waals surface area contributed by atoms with Crippen molar-refractivity contribution in [3.8, 4) is 27.2 Å². The van der Waals surface area contributed by atoms with Gasteiger partial charge in [0.05, 0.1) is 17.6 Å². The third-order valence-electron chi connectivity index (χ3n) is 6.96. The minimum absolute atomic E-state index is 0.218. The number of aromatic nitrogens is 2. The van der Waals surface area contributed by atoms with E-state index in [1.54, 1.807) is 11.3 Å². The van der Waals surface area contributed by atoms with Crippen molar-refractivity contribution in [1.82, 2.24) is 15.1 Å². The highest BCUT2D eigenvalue weighted by molar-refractivity contribution is 7.17. The summed E-state index contributed by atoms with van der Waals surface area (Å²) in [6, 6.07) is 14.7. The van der Waals surface area contributed by atoms with Crippen molar-refractivity contribution in [3.05, 3.63) is 58.7 Å². The number of hydrogen-bond acceptors (Lipinski definition) is 7. The van der Waals surface area contributed by atoms with E-state index in [1.165, 1.54) is 11.1 Å². The van der Waals surface area contributed by atoms with Crippen LogP contribution in [0.3, 0.4) is 0 Å². The number of carbonyl (C=O) groups is 2. The minimum Gasteiger partial charge on any atom is -0.481 e. The lowest BCUT2D eigenvalue weighted by atomic mass is 9.95. The van der Waals surface area contributed by atoms with Gasteiger partial charge in [-0.2, -0.15) is 18.4 Å². The maximum Gasteiger partial charge on any atom is 0.490 e. The van der Waals surface area contributed by atoms with Gasteiger partial charge in [0, 0.05) is 17.7 Å². The summed E-state index contributed by atoms with van der Waals surface area (Å²) in [5.74, 6) is -3.16. The summed E-state index contributed by atoms with van der Waals surface area (Å²) in [4.78, 5) is 22.5.